The van der Waals surface area contributed by atoms with Crippen molar-refractivity contribution in [1.29, 1.82) is 0 Å². The number of halogens is 1. The molecule has 1 aromatic rings. The smallest absolute Gasteiger partial charge is 0.118 e. The Kier molecular flexibility index (Phi) is 3.05. The van der Waals surface area contributed by atoms with Crippen LogP contribution in [0, 0.1) is 0 Å². The molecule has 0 heterocycles. The zero-order chi connectivity index (χ0) is 8.97. The Bertz CT molecular complexity index is 235. The van der Waals surface area contributed by atoms with Crippen molar-refractivity contribution in [3.63, 3.8) is 0 Å². The molecule has 1 aromatic carbocycles. The zero-order valence-electron chi connectivity index (χ0n) is 6.96. The highest BCUT2D eigenvalue weighted by Gasteiger charge is 2.03. The maximum absolute atomic E-state index is 12.1. The van der Waals surface area contributed by atoms with Gasteiger partial charge in [0.25, 0.3) is 0 Å². The molecule has 1 atom stereocenters. The van der Waals surface area contributed by atoms with Crippen LogP contribution >= 0.6 is 0 Å². The summed E-state index contributed by atoms with van der Waals surface area (Å²) in [7, 11) is 1.59. The van der Waals surface area contributed by atoms with Gasteiger partial charge in [-0.3, -0.25) is 0 Å². The fourth-order valence-electron chi connectivity index (χ4n) is 0.940. The molecular formula is C9H12FNO. The molecule has 0 radical (unpaired) electrons. The van der Waals surface area contributed by atoms with Crippen LogP contribution in [0.5, 0.6) is 5.75 Å². The molecule has 0 saturated heterocycles. The van der Waals surface area contributed by atoms with E-state index in [2.05, 4.69) is 0 Å². The van der Waals surface area contributed by atoms with Crippen LogP contribution in [-0.4, -0.2) is 13.8 Å². The van der Waals surface area contributed by atoms with Crippen molar-refractivity contribution in [1.82, 2.24) is 0 Å². The lowest BCUT2D eigenvalue weighted by atomic mass is 10.1. The van der Waals surface area contributed by atoms with Crippen LogP contribution in [0.1, 0.15) is 11.6 Å². The first-order valence-electron chi connectivity index (χ1n) is 3.73. The van der Waals surface area contributed by atoms with Gasteiger partial charge in [-0.25, -0.2) is 4.39 Å². The maximum Gasteiger partial charge on any atom is 0.118 e. The van der Waals surface area contributed by atoms with Crippen LogP contribution in [0.2, 0.25) is 0 Å². The molecule has 3 heteroatoms. The third kappa shape index (κ3) is 1.95. The molecule has 0 bridgehead atoms. The molecular weight excluding hydrogens is 157 g/mol. The van der Waals surface area contributed by atoms with E-state index in [0.29, 0.717) is 0 Å². The van der Waals surface area contributed by atoms with E-state index >= 15 is 0 Å². The summed E-state index contributed by atoms with van der Waals surface area (Å²) in [5.41, 5.74) is 6.26. The minimum Gasteiger partial charge on any atom is -0.497 e. The quantitative estimate of drug-likeness (QED) is 0.746. The molecule has 0 aliphatic rings. The highest BCUT2D eigenvalue weighted by molar-refractivity contribution is 5.28. The van der Waals surface area contributed by atoms with E-state index in [-0.39, 0.29) is 0 Å². The summed E-state index contributed by atoms with van der Waals surface area (Å²) in [5.74, 6) is 0.754. The van der Waals surface area contributed by atoms with Crippen molar-refractivity contribution in [2.75, 3.05) is 13.8 Å². The highest BCUT2D eigenvalue weighted by atomic mass is 19.1. The number of benzene rings is 1. The van der Waals surface area contributed by atoms with Crippen LogP contribution in [-0.2, 0) is 0 Å². The summed E-state index contributed by atoms with van der Waals surface area (Å²) in [6.45, 7) is -0.535. The van der Waals surface area contributed by atoms with Crippen molar-refractivity contribution in [3.8, 4) is 5.75 Å². The Hall–Kier alpha value is -1.09. The summed E-state index contributed by atoms with van der Waals surface area (Å²) in [5, 5.41) is 0. The first-order chi connectivity index (χ1) is 5.77. The van der Waals surface area contributed by atoms with Gasteiger partial charge in [-0.2, -0.15) is 0 Å². The molecule has 12 heavy (non-hydrogen) atoms. The lowest BCUT2D eigenvalue weighted by molar-refractivity contribution is 0.413. The predicted molar refractivity (Wildman–Crippen MR) is 45.9 cm³/mol. The van der Waals surface area contributed by atoms with E-state index in [9.17, 15) is 4.39 Å². The second kappa shape index (κ2) is 4.07. The second-order valence-electron chi connectivity index (χ2n) is 2.53. The minimum absolute atomic E-state index is 0.518. The minimum atomic E-state index is -0.535. The maximum atomic E-state index is 12.1. The summed E-state index contributed by atoms with van der Waals surface area (Å²) >= 11 is 0. The van der Waals surface area contributed by atoms with Crippen molar-refractivity contribution in [3.05, 3.63) is 29.8 Å². The summed E-state index contributed by atoms with van der Waals surface area (Å²) < 4.78 is 17.0. The third-order valence-electron chi connectivity index (χ3n) is 1.71. The van der Waals surface area contributed by atoms with Crippen LogP contribution in [0.15, 0.2) is 24.3 Å². The molecule has 2 N–H and O–H groups in total. The first-order valence-corrected chi connectivity index (χ1v) is 3.73. The molecule has 0 aliphatic carbocycles. The molecule has 2 nitrogen and oxygen atoms in total. The lowest BCUT2D eigenvalue weighted by Gasteiger charge is -2.07. The van der Waals surface area contributed by atoms with E-state index < -0.39 is 12.7 Å². The van der Waals surface area contributed by atoms with E-state index in [1.807, 2.05) is 0 Å². The largest absolute Gasteiger partial charge is 0.497 e. The summed E-state index contributed by atoms with van der Waals surface area (Å²) in [6, 6.07) is 6.55. The van der Waals surface area contributed by atoms with Crippen molar-refractivity contribution in [2.45, 2.75) is 6.04 Å². The van der Waals surface area contributed by atoms with Crippen LogP contribution in [0.3, 0.4) is 0 Å². The summed E-state index contributed by atoms with van der Waals surface area (Å²) in [4.78, 5) is 0. The molecule has 0 unspecified atom stereocenters. The first kappa shape index (κ1) is 9.00. The van der Waals surface area contributed by atoms with Crippen LogP contribution in [0.25, 0.3) is 0 Å². The van der Waals surface area contributed by atoms with Gasteiger partial charge in [0.2, 0.25) is 0 Å². The van der Waals surface area contributed by atoms with Gasteiger partial charge in [-0.05, 0) is 17.7 Å². The number of hydrogen-bond acceptors (Lipinski definition) is 2. The average molecular weight is 169 g/mol. The molecule has 0 spiro atoms. The van der Waals surface area contributed by atoms with Gasteiger partial charge in [-0.15, -0.1) is 0 Å². The number of hydrogen-bond donors (Lipinski definition) is 1. The van der Waals surface area contributed by atoms with Crippen LogP contribution < -0.4 is 10.5 Å². The van der Waals surface area contributed by atoms with E-state index in [0.717, 1.165) is 11.3 Å². The Labute approximate surface area is 71.1 Å². The van der Waals surface area contributed by atoms with E-state index in [1.54, 1.807) is 31.4 Å². The van der Waals surface area contributed by atoms with Gasteiger partial charge in [0, 0.05) is 0 Å². The Morgan fingerprint density at radius 2 is 2.00 bits per heavy atom. The fourth-order valence-corrected chi connectivity index (χ4v) is 0.940. The standard InChI is InChI=1S/C9H12FNO/c1-12-8-4-2-7(3-5-8)9(11)6-10/h2-5,9H,6,11H2,1H3/t9-/m1/s1. The molecule has 0 fully saturated rings. The number of ether oxygens (including phenoxy) is 1. The second-order valence-corrected chi connectivity index (χ2v) is 2.53. The molecule has 0 amide bonds. The van der Waals surface area contributed by atoms with Crippen molar-refractivity contribution in [2.24, 2.45) is 5.73 Å². The third-order valence-corrected chi connectivity index (χ3v) is 1.71. The number of nitrogens with two attached hydrogens (primary N) is 1. The van der Waals surface area contributed by atoms with E-state index in [4.69, 9.17) is 10.5 Å². The molecule has 0 aliphatic heterocycles. The molecule has 0 saturated carbocycles. The number of methoxy groups -OCH3 is 1. The molecule has 66 valence electrons. The monoisotopic (exact) mass is 169 g/mol. The fraction of sp³-hybridized carbons (Fsp3) is 0.333. The Balaban J connectivity index is 2.77. The van der Waals surface area contributed by atoms with Crippen LogP contribution in [0.4, 0.5) is 4.39 Å². The van der Waals surface area contributed by atoms with Gasteiger partial charge < -0.3 is 10.5 Å². The normalized spacial score (nSPS) is 12.6. The van der Waals surface area contributed by atoms with Crippen molar-refractivity contribution < 1.29 is 9.13 Å². The number of alkyl halides is 1. The van der Waals surface area contributed by atoms with Gasteiger partial charge in [-0.1, -0.05) is 12.1 Å². The van der Waals surface area contributed by atoms with Gasteiger partial charge in [0.1, 0.15) is 12.4 Å². The topological polar surface area (TPSA) is 35.2 Å². The lowest BCUT2D eigenvalue weighted by Crippen LogP contribution is -2.11. The predicted octanol–water partition coefficient (Wildman–Crippen LogP) is 1.66. The van der Waals surface area contributed by atoms with Gasteiger partial charge in [0.15, 0.2) is 0 Å². The molecule has 0 aromatic heterocycles. The van der Waals surface area contributed by atoms with E-state index in [1.165, 1.54) is 0 Å². The highest BCUT2D eigenvalue weighted by Crippen LogP contribution is 2.15. The Morgan fingerprint density at radius 3 is 2.42 bits per heavy atom. The molecule has 1 rings (SSSR count). The average Bonchev–Trinajstić information content (AvgIpc) is 2.17. The van der Waals surface area contributed by atoms with Gasteiger partial charge in [0.05, 0.1) is 13.2 Å². The SMILES string of the molecule is COc1ccc([C@H](N)CF)cc1. The number of rotatable bonds is 3. The van der Waals surface area contributed by atoms with Crippen molar-refractivity contribution >= 4 is 0 Å². The summed E-state index contributed by atoms with van der Waals surface area (Å²) in [6.07, 6.45) is 0. The Morgan fingerprint density at radius 1 is 1.42 bits per heavy atom. The zero-order valence-corrected chi connectivity index (χ0v) is 6.96. The van der Waals surface area contributed by atoms with Gasteiger partial charge >= 0.3 is 0 Å².